The molecule has 8 heteroatoms. The summed E-state index contributed by atoms with van der Waals surface area (Å²) in [7, 11) is -1.47. The third-order valence-corrected chi connectivity index (χ3v) is 4.79. The number of rotatable bonds is 5. The summed E-state index contributed by atoms with van der Waals surface area (Å²) in [6.45, 7) is 1.17. The van der Waals surface area contributed by atoms with E-state index in [2.05, 4.69) is 15.6 Å². The summed E-state index contributed by atoms with van der Waals surface area (Å²) in [5.74, 6) is 0.664. The van der Waals surface area contributed by atoms with Crippen molar-refractivity contribution in [2.75, 3.05) is 13.3 Å². The van der Waals surface area contributed by atoms with Crippen molar-refractivity contribution < 1.29 is 8.42 Å². The van der Waals surface area contributed by atoms with Gasteiger partial charge in [0.1, 0.15) is 0 Å². The fourth-order valence-electron chi connectivity index (χ4n) is 2.05. The van der Waals surface area contributed by atoms with E-state index in [1.165, 1.54) is 6.26 Å². The van der Waals surface area contributed by atoms with Crippen LogP contribution in [0, 0.1) is 0 Å². The van der Waals surface area contributed by atoms with E-state index in [-0.39, 0.29) is 24.0 Å². The molecule has 0 amide bonds. The maximum atomic E-state index is 11.4. The molecule has 0 aliphatic heterocycles. The molecular formula is C17H21ClIN3O2S. The van der Waals surface area contributed by atoms with Crippen LogP contribution in [0.2, 0.25) is 5.02 Å². The molecule has 0 radical (unpaired) electrons. The number of nitrogens with zero attached hydrogens (tertiary/aromatic N) is 1. The van der Waals surface area contributed by atoms with Gasteiger partial charge in [-0.25, -0.2) is 8.42 Å². The predicted octanol–water partition coefficient (Wildman–Crippen LogP) is 3.23. The van der Waals surface area contributed by atoms with Crippen molar-refractivity contribution in [3.8, 4) is 0 Å². The Hall–Kier alpha value is -1.32. The van der Waals surface area contributed by atoms with Crippen LogP contribution in [0.5, 0.6) is 0 Å². The van der Waals surface area contributed by atoms with Crippen LogP contribution in [-0.4, -0.2) is 27.7 Å². The van der Waals surface area contributed by atoms with E-state index in [1.54, 1.807) is 31.3 Å². The van der Waals surface area contributed by atoms with Crippen LogP contribution in [-0.2, 0) is 22.9 Å². The maximum absolute atomic E-state index is 11.4. The molecule has 0 bridgehead atoms. The number of aliphatic imine (C=N–C) groups is 1. The van der Waals surface area contributed by atoms with Crippen molar-refractivity contribution in [1.29, 1.82) is 0 Å². The van der Waals surface area contributed by atoms with Crippen LogP contribution in [0.25, 0.3) is 0 Å². The zero-order valence-corrected chi connectivity index (χ0v) is 17.9. The fourth-order valence-corrected chi connectivity index (χ4v) is 2.81. The highest BCUT2D eigenvalue weighted by atomic mass is 127. The molecule has 0 unspecified atom stereocenters. The first kappa shape index (κ1) is 21.7. The van der Waals surface area contributed by atoms with Crippen molar-refractivity contribution >= 4 is 51.4 Å². The van der Waals surface area contributed by atoms with E-state index >= 15 is 0 Å². The van der Waals surface area contributed by atoms with Gasteiger partial charge >= 0.3 is 0 Å². The van der Waals surface area contributed by atoms with Crippen molar-refractivity contribution in [2.24, 2.45) is 4.99 Å². The van der Waals surface area contributed by atoms with Gasteiger partial charge in [0.2, 0.25) is 0 Å². The van der Waals surface area contributed by atoms with Gasteiger partial charge in [-0.3, -0.25) is 4.99 Å². The summed E-state index contributed by atoms with van der Waals surface area (Å²) < 4.78 is 22.9. The lowest BCUT2D eigenvalue weighted by atomic mass is 10.2. The zero-order chi connectivity index (χ0) is 17.6. The summed E-state index contributed by atoms with van der Waals surface area (Å²) in [6, 6.07) is 14.4. The predicted molar refractivity (Wildman–Crippen MR) is 113 cm³/mol. The number of hydrogen-bond acceptors (Lipinski definition) is 3. The van der Waals surface area contributed by atoms with Crippen LogP contribution >= 0.6 is 35.6 Å². The standard InChI is InChI=1S/C17H20ClN3O2S.HI/c1-19-17(20-11-13-3-7-15(18)8-4-13)21-12-14-5-9-16(10-6-14)24(2,22)23;/h3-10H,11-12H2,1-2H3,(H2,19,20,21);1H. The smallest absolute Gasteiger partial charge is 0.191 e. The molecule has 0 saturated heterocycles. The van der Waals surface area contributed by atoms with Gasteiger partial charge in [0, 0.05) is 31.4 Å². The minimum absolute atomic E-state index is 0. The lowest BCUT2D eigenvalue weighted by Gasteiger charge is -2.12. The van der Waals surface area contributed by atoms with Gasteiger partial charge in [-0.15, -0.1) is 24.0 Å². The maximum Gasteiger partial charge on any atom is 0.191 e. The summed E-state index contributed by atoms with van der Waals surface area (Å²) in [4.78, 5) is 4.48. The molecule has 0 heterocycles. The quantitative estimate of drug-likeness (QED) is 0.381. The van der Waals surface area contributed by atoms with Crippen molar-refractivity contribution in [3.05, 3.63) is 64.7 Å². The second kappa shape index (κ2) is 9.98. The molecule has 0 aliphatic carbocycles. The number of guanidine groups is 1. The van der Waals surface area contributed by atoms with Gasteiger partial charge in [0.25, 0.3) is 0 Å². The molecule has 0 spiro atoms. The first-order valence-electron chi connectivity index (χ1n) is 7.36. The van der Waals surface area contributed by atoms with Crippen LogP contribution in [0.1, 0.15) is 11.1 Å². The number of sulfone groups is 1. The second-order valence-electron chi connectivity index (χ2n) is 5.32. The summed E-state index contributed by atoms with van der Waals surface area (Å²) in [6.07, 6.45) is 1.20. The minimum Gasteiger partial charge on any atom is -0.352 e. The van der Waals surface area contributed by atoms with E-state index in [1.807, 2.05) is 24.3 Å². The minimum atomic E-state index is -3.16. The number of halogens is 2. The van der Waals surface area contributed by atoms with Crippen molar-refractivity contribution in [1.82, 2.24) is 10.6 Å². The average Bonchev–Trinajstić information content (AvgIpc) is 2.56. The molecular weight excluding hydrogens is 473 g/mol. The van der Waals surface area contributed by atoms with Gasteiger partial charge in [-0.1, -0.05) is 35.9 Å². The van der Waals surface area contributed by atoms with E-state index < -0.39 is 9.84 Å². The highest BCUT2D eigenvalue weighted by Gasteiger charge is 2.06. The van der Waals surface area contributed by atoms with E-state index in [0.29, 0.717) is 29.0 Å². The molecule has 2 aromatic rings. The van der Waals surface area contributed by atoms with E-state index in [0.717, 1.165) is 11.1 Å². The Morgan fingerprint density at radius 1 is 0.960 bits per heavy atom. The Balaban J connectivity index is 0.00000312. The summed E-state index contributed by atoms with van der Waals surface area (Å²) in [5.41, 5.74) is 2.07. The molecule has 136 valence electrons. The number of hydrogen-bond donors (Lipinski definition) is 2. The SMILES string of the molecule is CN=C(NCc1ccc(Cl)cc1)NCc1ccc(S(C)(=O)=O)cc1.I. The third-order valence-electron chi connectivity index (χ3n) is 3.41. The average molecular weight is 494 g/mol. The zero-order valence-electron chi connectivity index (χ0n) is 14.0. The molecule has 0 atom stereocenters. The monoisotopic (exact) mass is 493 g/mol. The van der Waals surface area contributed by atoms with Gasteiger partial charge in [0.05, 0.1) is 4.90 Å². The first-order chi connectivity index (χ1) is 11.4. The summed E-state index contributed by atoms with van der Waals surface area (Å²) >= 11 is 5.86. The Bertz CT molecular complexity index is 807. The van der Waals surface area contributed by atoms with Crippen LogP contribution in [0.15, 0.2) is 58.4 Å². The normalized spacial score (nSPS) is 11.6. The number of benzene rings is 2. The molecule has 2 N–H and O–H groups in total. The highest BCUT2D eigenvalue weighted by molar-refractivity contribution is 14.0. The van der Waals surface area contributed by atoms with Gasteiger partial charge in [-0.2, -0.15) is 0 Å². The van der Waals surface area contributed by atoms with Crippen molar-refractivity contribution in [3.63, 3.8) is 0 Å². The Morgan fingerprint density at radius 2 is 1.40 bits per heavy atom. The molecule has 2 rings (SSSR count). The molecule has 0 aromatic heterocycles. The molecule has 0 saturated carbocycles. The Kier molecular flexibility index (Phi) is 8.67. The van der Waals surface area contributed by atoms with Crippen LogP contribution in [0.3, 0.4) is 0 Å². The Labute approximate surface area is 170 Å². The van der Waals surface area contributed by atoms with Gasteiger partial charge < -0.3 is 10.6 Å². The second-order valence-corrected chi connectivity index (χ2v) is 7.77. The van der Waals surface area contributed by atoms with E-state index in [9.17, 15) is 8.42 Å². The summed E-state index contributed by atoms with van der Waals surface area (Å²) in [5, 5.41) is 7.11. The van der Waals surface area contributed by atoms with Gasteiger partial charge in [0.15, 0.2) is 15.8 Å². The first-order valence-corrected chi connectivity index (χ1v) is 9.63. The van der Waals surface area contributed by atoms with Crippen LogP contribution in [0.4, 0.5) is 0 Å². The molecule has 5 nitrogen and oxygen atoms in total. The lowest BCUT2D eigenvalue weighted by Crippen LogP contribution is -2.36. The Morgan fingerprint density at radius 3 is 1.80 bits per heavy atom. The molecule has 2 aromatic carbocycles. The third kappa shape index (κ3) is 7.21. The molecule has 0 aliphatic rings. The van der Waals surface area contributed by atoms with Crippen molar-refractivity contribution in [2.45, 2.75) is 18.0 Å². The molecule has 25 heavy (non-hydrogen) atoms. The number of nitrogens with one attached hydrogen (secondary N) is 2. The fraction of sp³-hybridized carbons (Fsp3) is 0.235. The van der Waals surface area contributed by atoms with Crippen LogP contribution < -0.4 is 10.6 Å². The lowest BCUT2D eigenvalue weighted by molar-refractivity contribution is 0.602. The topological polar surface area (TPSA) is 70.6 Å². The highest BCUT2D eigenvalue weighted by Crippen LogP contribution is 2.10. The van der Waals surface area contributed by atoms with Gasteiger partial charge in [-0.05, 0) is 35.4 Å². The largest absolute Gasteiger partial charge is 0.352 e. The molecule has 0 fully saturated rings. The van der Waals surface area contributed by atoms with E-state index in [4.69, 9.17) is 11.6 Å².